The highest BCUT2D eigenvalue weighted by Crippen LogP contribution is 2.33. The first-order chi connectivity index (χ1) is 32.9. The molecule has 5 heterocycles. The van der Waals surface area contributed by atoms with Crippen LogP contribution >= 0.6 is 0 Å². The van der Waals surface area contributed by atoms with Crippen molar-refractivity contribution < 1.29 is 42.8 Å². The van der Waals surface area contributed by atoms with Crippen molar-refractivity contribution in [1.82, 2.24) is 30.0 Å². The minimum atomic E-state index is -0.851. The molecule has 3 aromatic carbocycles. The van der Waals surface area contributed by atoms with Gasteiger partial charge in [-0.05, 0) is 60.9 Å². The van der Waals surface area contributed by atoms with Crippen LogP contribution in [0.1, 0.15) is 44.7 Å². The number of rotatable bonds is 18. The Balaban J connectivity index is 0.674. The van der Waals surface area contributed by atoms with Gasteiger partial charge in [0.15, 0.2) is 0 Å². The lowest BCUT2D eigenvalue weighted by Crippen LogP contribution is -2.51. The quantitative estimate of drug-likeness (QED) is 0.0687. The first-order valence-electron chi connectivity index (χ1n) is 23.1. The number of amides is 3. The monoisotopic (exact) mass is 916 g/mol. The fraction of sp³-hybridized carbons (Fsp3) is 0.420. The van der Waals surface area contributed by atoms with E-state index < -0.39 is 17.9 Å². The molecule has 1 aromatic heterocycles. The van der Waals surface area contributed by atoms with Crippen LogP contribution in [0.4, 0.5) is 17.3 Å². The Labute approximate surface area is 391 Å². The summed E-state index contributed by atoms with van der Waals surface area (Å²) in [5, 5.41) is 9.23. The Morgan fingerprint density at radius 2 is 1.49 bits per heavy atom. The molecule has 3 N–H and O–H groups in total. The normalized spacial score (nSPS) is 18.7. The summed E-state index contributed by atoms with van der Waals surface area (Å²) in [6.45, 7) is 15.0. The van der Waals surface area contributed by atoms with Crippen LogP contribution in [0.5, 0.6) is 5.75 Å². The minimum absolute atomic E-state index is 0.281. The van der Waals surface area contributed by atoms with Crippen LogP contribution in [-0.4, -0.2) is 154 Å². The van der Waals surface area contributed by atoms with Crippen LogP contribution in [0.25, 0.3) is 11.3 Å². The van der Waals surface area contributed by atoms with E-state index in [0.717, 1.165) is 78.0 Å². The SMILES string of the molecule is C=C1CCC(N2C(=O)c3cccc(NCCOCCOCCOCCN4CCN(CCOc5ccc6cc5COC/C=C/COCc5cccc(c5)-c5ccnc(n5)N6)CC4)c3C2=O)C(=O)N1. The van der Waals surface area contributed by atoms with E-state index in [1.54, 1.807) is 24.4 Å². The zero-order valence-electron chi connectivity index (χ0n) is 37.9. The molecule has 2 saturated heterocycles. The number of aromatic nitrogens is 2. The summed E-state index contributed by atoms with van der Waals surface area (Å²) >= 11 is 0. The third-order valence-corrected chi connectivity index (χ3v) is 11.9. The lowest BCUT2D eigenvalue weighted by atomic mass is 10.0. The lowest BCUT2D eigenvalue weighted by Gasteiger charge is -2.34. The maximum absolute atomic E-state index is 13.3. The highest BCUT2D eigenvalue weighted by Gasteiger charge is 2.45. The first kappa shape index (κ1) is 47.4. The zero-order valence-corrected chi connectivity index (χ0v) is 37.9. The molecule has 2 fully saturated rings. The number of allylic oxidation sites excluding steroid dienone is 1. The number of hydrogen-bond acceptors (Lipinski definition) is 15. The number of anilines is 3. The van der Waals surface area contributed by atoms with Crippen molar-refractivity contribution in [2.75, 3.05) is 116 Å². The standard InChI is InChI=1S/C50H60N8O9/c1-36-10-12-44(47(59)53-36)58-48(60)41-8-5-9-43(46(41)49(58)61)51-16-25-62-28-30-64-31-29-63-26-21-56-17-19-57(20-18-56)22-27-67-45-13-11-40-33-39(45)35-66-24-3-2-23-65-34-37-6-4-7-38(32-37)42-14-15-52-50(54-40)55-42/h2-9,11,13-15,32-33,44,51H,1,10,12,16-31,34-35H2,(H,53,59)(H,52,54,55)/b3-2+. The number of piperazine rings is 1. The number of imide groups is 1. The Hall–Kier alpha value is -6.05. The molecule has 8 rings (SSSR count). The Morgan fingerprint density at radius 1 is 0.761 bits per heavy atom. The van der Waals surface area contributed by atoms with Gasteiger partial charge in [-0.3, -0.25) is 29.1 Å². The van der Waals surface area contributed by atoms with E-state index in [4.69, 9.17) is 33.4 Å². The minimum Gasteiger partial charge on any atom is -0.492 e. The highest BCUT2D eigenvalue weighted by molar-refractivity contribution is 6.25. The van der Waals surface area contributed by atoms with Crippen molar-refractivity contribution in [3.63, 3.8) is 0 Å². The third-order valence-electron chi connectivity index (χ3n) is 11.9. The summed E-state index contributed by atoms with van der Waals surface area (Å²) in [5.74, 6) is -0.0216. The topological polar surface area (TPSA) is 178 Å². The fourth-order valence-corrected chi connectivity index (χ4v) is 8.31. The molecule has 4 aliphatic heterocycles. The maximum Gasteiger partial charge on any atom is 0.264 e. The number of carbonyl (C=O) groups is 3. The number of nitrogens with one attached hydrogen (secondary N) is 3. The molecule has 17 heteroatoms. The predicted octanol–water partition coefficient (Wildman–Crippen LogP) is 5.04. The molecular weight excluding hydrogens is 857 g/mol. The van der Waals surface area contributed by atoms with Gasteiger partial charge in [0.05, 0.1) is 82.9 Å². The number of benzene rings is 3. The Morgan fingerprint density at radius 3 is 2.28 bits per heavy atom. The maximum atomic E-state index is 13.3. The van der Waals surface area contributed by atoms with Crippen molar-refractivity contribution in [2.45, 2.75) is 32.1 Å². The van der Waals surface area contributed by atoms with Gasteiger partial charge in [-0.25, -0.2) is 9.97 Å². The van der Waals surface area contributed by atoms with Crippen LogP contribution in [-0.2, 0) is 41.7 Å². The summed E-state index contributed by atoms with van der Waals surface area (Å²) in [7, 11) is 0. The van der Waals surface area contributed by atoms with Gasteiger partial charge in [0.1, 0.15) is 18.4 Å². The smallest absolute Gasteiger partial charge is 0.264 e. The summed E-state index contributed by atoms with van der Waals surface area (Å²) in [5.41, 5.74) is 6.39. The molecule has 0 spiro atoms. The highest BCUT2D eigenvalue weighted by atomic mass is 16.5. The van der Waals surface area contributed by atoms with Crippen LogP contribution in [0.2, 0.25) is 0 Å². The molecule has 0 aliphatic carbocycles. The molecular formula is C50H60N8O9. The summed E-state index contributed by atoms with van der Waals surface area (Å²) in [6.07, 6.45) is 6.59. The summed E-state index contributed by atoms with van der Waals surface area (Å²) in [6, 6.07) is 20.3. The fourth-order valence-electron chi connectivity index (χ4n) is 8.31. The molecule has 0 radical (unpaired) electrons. The molecule has 1 atom stereocenters. The number of hydrogen-bond donors (Lipinski definition) is 3. The van der Waals surface area contributed by atoms with Gasteiger partial charge in [0, 0.05) is 80.2 Å². The van der Waals surface area contributed by atoms with E-state index in [1.165, 1.54) is 0 Å². The average Bonchev–Trinajstić information content (AvgIpc) is 3.59. The average molecular weight is 917 g/mol. The number of piperidine rings is 1. The van der Waals surface area contributed by atoms with Crippen molar-refractivity contribution in [3.8, 4) is 17.0 Å². The molecule has 17 nitrogen and oxygen atoms in total. The summed E-state index contributed by atoms with van der Waals surface area (Å²) in [4.78, 5) is 54.2. The first-order valence-corrected chi connectivity index (χ1v) is 23.1. The van der Waals surface area contributed by atoms with Gasteiger partial charge in [0.25, 0.3) is 11.8 Å². The molecule has 354 valence electrons. The van der Waals surface area contributed by atoms with Crippen molar-refractivity contribution in [1.29, 1.82) is 0 Å². The lowest BCUT2D eigenvalue weighted by molar-refractivity contribution is -0.125. The van der Waals surface area contributed by atoms with Crippen LogP contribution in [0, 0.1) is 0 Å². The van der Waals surface area contributed by atoms with Gasteiger partial charge < -0.3 is 44.4 Å². The van der Waals surface area contributed by atoms with Gasteiger partial charge in [-0.2, -0.15) is 0 Å². The molecule has 4 aromatic rings. The Kier molecular flexibility index (Phi) is 17.1. The van der Waals surface area contributed by atoms with E-state index in [9.17, 15) is 14.4 Å². The number of nitrogens with zero attached hydrogens (tertiary/aromatic N) is 5. The number of carbonyl (C=O) groups excluding carboxylic acids is 3. The van der Waals surface area contributed by atoms with Gasteiger partial charge >= 0.3 is 0 Å². The van der Waals surface area contributed by atoms with E-state index in [1.807, 2.05) is 48.6 Å². The summed E-state index contributed by atoms with van der Waals surface area (Å²) < 4.78 is 35.5. The van der Waals surface area contributed by atoms with Crippen LogP contribution in [0.15, 0.2) is 97.4 Å². The second-order valence-corrected chi connectivity index (χ2v) is 16.6. The van der Waals surface area contributed by atoms with Crippen molar-refractivity contribution in [3.05, 3.63) is 120 Å². The Bertz CT molecular complexity index is 2370. The number of fused-ring (bicyclic) bond motifs is 8. The van der Waals surface area contributed by atoms with Crippen LogP contribution < -0.4 is 20.7 Å². The second-order valence-electron chi connectivity index (χ2n) is 16.6. The van der Waals surface area contributed by atoms with Gasteiger partial charge in [-0.15, -0.1) is 0 Å². The van der Waals surface area contributed by atoms with Gasteiger partial charge in [0.2, 0.25) is 11.9 Å². The molecule has 6 bridgehead atoms. The van der Waals surface area contributed by atoms with E-state index in [0.29, 0.717) is 109 Å². The predicted molar refractivity (Wildman–Crippen MR) is 252 cm³/mol. The van der Waals surface area contributed by atoms with Gasteiger partial charge in [-0.1, -0.05) is 43.0 Å². The van der Waals surface area contributed by atoms with Crippen molar-refractivity contribution >= 4 is 35.0 Å². The van der Waals surface area contributed by atoms with E-state index in [2.05, 4.69) is 49.4 Å². The second kappa shape index (κ2) is 24.1. The molecule has 0 saturated carbocycles. The molecule has 1 unspecified atom stereocenters. The molecule has 3 amide bonds. The number of ether oxygens (including phenoxy) is 6. The zero-order chi connectivity index (χ0) is 46.2. The van der Waals surface area contributed by atoms with Crippen molar-refractivity contribution in [2.24, 2.45) is 0 Å². The van der Waals surface area contributed by atoms with Crippen LogP contribution in [0.3, 0.4) is 0 Å². The van der Waals surface area contributed by atoms with E-state index in [-0.39, 0.29) is 17.0 Å². The molecule has 67 heavy (non-hydrogen) atoms. The largest absolute Gasteiger partial charge is 0.492 e. The third kappa shape index (κ3) is 13.1. The molecule has 4 aliphatic rings. The van der Waals surface area contributed by atoms with E-state index >= 15 is 0 Å².